The van der Waals surface area contributed by atoms with E-state index in [0.717, 1.165) is 29.7 Å². The van der Waals surface area contributed by atoms with E-state index in [1.807, 2.05) is 24.6 Å². The summed E-state index contributed by atoms with van der Waals surface area (Å²) in [6.45, 7) is 0.781. The van der Waals surface area contributed by atoms with Crippen molar-refractivity contribution >= 4 is 40.6 Å². The van der Waals surface area contributed by atoms with Crippen molar-refractivity contribution < 1.29 is 14.3 Å². The molecule has 166 valence electrons. The van der Waals surface area contributed by atoms with Crippen LogP contribution in [0.3, 0.4) is 0 Å². The molecule has 0 saturated heterocycles. The third-order valence-electron chi connectivity index (χ3n) is 5.62. The molecule has 10 heteroatoms. The van der Waals surface area contributed by atoms with Crippen molar-refractivity contribution in [2.45, 2.75) is 25.9 Å². The highest BCUT2D eigenvalue weighted by Crippen LogP contribution is 2.42. The van der Waals surface area contributed by atoms with E-state index in [0.29, 0.717) is 34.1 Å². The third kappa shape index (κ3) is 4.22. The second kappa shape index (κ2) is 8.55. The number of aromatic nitrogens is 3. The van der Waals surface area contributed by atoms with Gasteiger partial charge in [-0.2, -0.15) is 5.10 Å². The monoisotopic (exact) mass is 471 g/mol. The maximum absolute atomic E-state index is 13.3. The maximum Gasteiger partial charge on any atom is 0.240 e. The first-order chi connectivity index (χ1) is 15.5. The zero-order valence-corrected chi connectivity index (χ0v) is 19.1. The lowest BCUT2D eigenvalue weighted by Crippen LogP contribution is -2.42. The molecule has 0 atom stereocenters. The first-order valence-corrected chi connectivity index (χ1v) is 11.7. The van der Waals surface area contributed by atoms with Crippen molar-refractivity contribution in [1.29, 1.82) is 0 Å². The van der Waals surface area contributed by atoms with Gasteiger partial charge < -0.3 is 10.1 Å². The van der Waals surface area contributed by atoms with E-state index >= 15 is 0 Å². The fourth-order valence-corrected chi connectivity index (χ4v) is 4.61. The van der Waals surface area contributed by atoms with E-state index in [1.54, 1.807) is 16.9 Å². The van der Waals surface area contributed by atoms with E-state index in [4.69, 9.17) is 16.3 Å². The number of rotatable bonds is 7. The van der Waals surface area contributed by atoms with Crippen molar-refractivity contribution in [2.24, 2.45) is 13.0 Å². The number of nitrogens with zero attached hydrogens (tertiary/aromatic N) is 4. The number of carbonyl (C=O) groups is 2. The molecule has 0 bridgehead atoms. The predicted octanol–water partition coefficient (Wildman–Crippen LogP) is 3.19. The van der Waals surface area contributed by atoms with E-state index in [-0.39, 0.29) is 31.4 Å². The predicted molar refractivity (Wildman–Crippen MR) is 122 cm³/mol. The van der Waals surface area contributed by atoms with Gasteiger partial charge in [-0.3, -0.25) is 19.2 Å². The minimum atomic E-state index is -0.237. The van der Waals surface area contributed by atoms with Crippen LogP contribution in [0.5, 0.6) is 5.75 Å². The summed E-state index contributed by atoms with van der Waals surface area (Å²) in [5, 5.41) is 10.7. The smallest absolute Gasteiger partial charge is 0.240 e. The molecule has 1 N–H and O–H groups in total. The number of thiazole rings is 1. The number of nitrogens with one attached hydrogen (secondary N) is 1. The molecular formula is C22H22ClN5O3S. The summed E-state index contributed by atoms with van der Waals surface area (Å²) in [4.78, 5) is 31.6. The van der Waals surface area contributed by atoms with Crippen LogP contribution in [0.25, 0.3) is 11.3 Å². The number of carbonyl (C=O) groups excluding carboxylic acids is 2. The summed E-state index contributed by atoms with van der Waals surface area (Å²) in [5.41, 5.74) is 2.39. The molecule has 1 saturated carbocycles. The minimum Gasteiger partial charge on any atom is -0.488 e. The normalized spacial score (nSPS) is 14.3. The third-order valence-corrected chi connectivity index (χ3v) is 6.64. The topological polar surface area (TPSA) is 89.4 Å². The number of fused-ring (bicyclic) bond motifs is 3. The summed E-state index contributed by atoms with van der Waals surface area (Å²) < 4.78 is 7.64. The molecule has 0 spiro atoms. The van der Waals surface area contributed by atoms with Crippen molar-refractivity contribution in [1.82, 2.24) is 20.1 Å². The van der Waals surface area contributed by atoms with Crippen LogP contribution >= 0.6 is 22.9 Å². The Balaban J connectivity index is 1.49. The number of hydrogen-bond donors (Lipinski definition) is 1. The molecule has 32 heavy (non-hydrogen) atoms. The van der Waals surface area contributed by atoms with Crippen LogP contribution in [0.1, 0.15) is 23.4 Å². The van der Waals surface area contributed by atoms with Crippen LogP contribution in [0, 0.1) is 5.92 Å². The number of aryl methyl sites for hydroxylation is 1. The van der Waals surface area contributed by atoms with Crippen LogP contribution in [0.15, 0.2) is 29.8 Å². The molecular weight excluding hydrogens is 450 g/mol. The van der Waals surface area contributed by atoms with E-state index in [1.165, 1.54) is 16.2 Å². The summed E-state index contributed by atoms with van der Waals surface area (Å²) in [6, 6.07) is 5.42. The molecule has 2 amide bonds. The second-order valence-electron chi connectivity index (χ2n) is 8.03. The van der Waals surface area contributed by atoms with Gasteiger partial charge in [-0.15, -0.1) is 11.3 Å². The summed E-state index contributed by atoms with van der Waals surface area (Å²) >= 11 is 7.63. The minimum absolute atomic E-state index is 0.0994. The number of benzene rings is 1. The average molecular weight is 472 g/mol. The van der Waals surface area contributed by atoms with Crippen LogP contribution < -0.4 is 15.0 Å². The van der Waals surface area contributed by atoms with Crippen molar-refractivity contribution in [3.05, 3.63) is 45.4 Å². The van der Waals surface area contributed by atoms with Crippen molar-refractivity contribution in [3.63, 3.8) is 0 Å². The molecule has 3 heterocycles. The number of ether oxygens (including phenoxy) is 1. The van der Waals surface area contributed by atoms with Crippen LogP contribution in [0.2, 0.25) is 5.02 Å². The van der Waals surface area contributed by atoms with E-state index in [9.17, 15) is 9.59 Å². The Kier molecular flexibility index (Phi) is 5.60. The molecule has 0 radical (unpaired) electrons. The first kappa shape index (κ1) is 21.0. The summed E-state index contributed by atoms with van der Waals surface area (Å²) in [5.74, 6) is 1.24. The molecule has 3 aromatic rings. The van der Waals surface area contributed by atoms with Crippen LogP contribution in [-0.2, 0) is 29.7 Å². The lowest BCUT2D eigenvalue weighted by atomic mass is 10.0. The highest BCUT2D eigenvalue weighted by Gasteiger charge is 2.32. The zero-order valence-electron chi connectivity index (χ0n) is 17.5. The highest BCUT2D eigenvalue weighted by molar-refractivity contribution is 7.09. The second-order valence-corrected chi connectivity index (χ2v) is 9.45. The van der Waals surface area contributed by atoms with Gasteiger partial charge in [-0.05, 0) is 37.0 Å². The Morgan fingerprint density at radius 1 is 1.38 bits per heavy atom. The Bertz CT molecular complexity index is 1170. The molecule has 1 aliphatic carbocycles. The SMILES string of the molecule is Cn1nc(N(CC(=O)NCC2CC2)C(=O)Cc2nccs2)c2c1-c1cc(Cl)ccc1OC2. The van der Waals surface area contributed by atoms with Gasteiger partial charge in [0.25, 0.3) is 0 Å². The van der Waals surface area contributed by atoms with Gasteiger partial charge in [-0.1, -0.05) is 11.6 Å². The molecule has 2 aliphatic rings. The molecule has 1 fully saturated rings. The maximum atomic E-state index is 13.3. The molecule has 1 aromatic carbocycles. The van der Waals surface area contributed by atoms with Gasteiger partial charge in [-0.25, -0.2) is 4.98 Å². The highest BCUT2D eigenvalue weighted by atomic mass is 35.5. The molecule has 2 aromatic heterocycles. The van der Waals surface area contributed by atoms with Gasteiger partial charge in [0.15, 0.2) is 5.82 Å². The number of anilines is 1. The van der Waals surface area contributed by atoms with E-state index < -0.39 is 0 Å². The lowest BCUT2D eigenvalue weighted by molar-refractivity contribution is -0.123. The standard InChI is InChI=1S/C22H22ClN5O3S/c1-27-21-15-8-14(23)4-5-17(15)31-12-16(21)22(26-27)28(11-18(29)25-10-13-2-3-13)20(30)9-19-24-6-7-32-19/h4-8,13H,2-3,9-12H2,1H3,(H,25,29). The quantitative estimate of drug-likeness (QED) is 0.571. The Morgan fingerprint density at radius 2 is 2.22 bits per heavy atom. The average Bonchev–Trinajstić information content (AvgIpc) is 3.36. The van der Waals surface area contributed by atoms with Gasteiger partial charge in [0.05, 0.1) is 17.7 Å². The van der Waals surface area contributed by atoms with Crippen molar-refractivity contribution in [3.8, 4) is 17.0 Å². The number of amides is 2. The lowest BCUT2D eigenvalue weighted by Gasteiger charge is -2.23. The fraction of sp³-hybridized carbons (Fsp3) is 0.364. The number of hydrogen-bond acceptors (Lipinski definition) is 6. The Hall–Kier alpha value is -2.91. The van der Waals surface area contributed by atoms with Crippen LogP contribution in [-0.4, -0.2) is 39.7 Å². The molecule has 1 aliphatic heterocycles. The Morgan fingerprint density at radius 3 is 2.97 bits per heavy atom. The number of halogens is 1. The van der Waals surface area contributed by atoms with Gasteiger partial charge in [0.2, 0.25) is 11.8 Å². The largest absolute Gasteiger partial charge is 0.488 e. The fourth-order valence-electron chi connectivity index (χ4n) is 3.83. The van der Waals surface area contributed by atoms with Gasteiger partial charge in [0, 0.05) is 35.8 Å². The van der Waals surface area contributed by atoms with E-state index in [2.05, 4.69) is 15.4 Å². The molecule has 8 nitrogen and oxygen atoms in total. The zero-order chi connectivity index (χ0) is 22.2. The summed E-state index contributed by atoms with van der Waals surface area (Å²) in [6.07, 6.45) is 4.04. The van der Waals surface area contributed by atoms with Gasteiger partial charge in [0.1, 0.15) is 23.9 Å². The van der Waals surface area contributed by atoms with Crippen molar-refractivity contribution in [2.75, 3.05) is 18.0 Å². The molecule has 5 rings (SSSR count). The summed E-state index contributed by atoms with van der Waals surface area (Å²) in [7, 11) is 1.81. The van der Waals surface area contributed by atoms with Gasteiger partial charge >= 0.3 is 0 Å². The van der Waals surface area contributed by atoms with Crippen LogP contribution in [0.4, 0.5) is 5.82 Å². The Labute approximate surface area is 194 Å². The first-order valence-electron chi connectivity index (χ1n) is 10.4. The molecule has 0 unspecified atom stereocenters.